The molecule has 3 aromatic carbocycles. The molecule has 0 spiro atoms. The largest absolute Gasteiger partial charge is 0.513 e. The summed E-state index contributed by atoms with van der Waals surface area (Å²) in [6.45, 7) is 6.46. The van der Waals surface area contributed by atoms with E-state index in [2.05, 4.69) is 86.3 Å². The first kappa shape index (κ1) is 32.6. The van der Waals surface area contributed by atoms with E-state index >= 15 is 0 Å². The quantitative estimate of drug-likeness (QED) is 0.0929. The maximum atomic E-state index is 13.1. The van der Waals surface area contributed by atoms with Crippen LogP contribution in [0.15, 0.2) is 102 Å². The van der Waals surface area contributed by atoms with Crippen molar-refractivity contribution in [3.63, 3.8) is 0 Å². The first-order valence-electron chi connectivity index (χ1n) is 16.1. The number of allylic oxidation sites excluding steroid dienone is 3. The number of ether oxygens (including phenoxy) is 2. The van der Waals surface area contributed by atoms with Gasteiger partial charge in [-0.05, 0) is 68.1 Å². The average Bonchev–Trinajstić information content (AvgIpc) is 3.54. The third-order valence-electron chi connectivity index (χ3n) is 9.26. The Bertz CT molecular complexity index is 1790. The molecule has 12 nitrogen and oxygen atoms in total. The van der Waals surface area contributed by atoms with Crippen LogP contribution in [0.25, 0.3) is 5.57 Å². The predicted octanol–water partition coefficient (Wildman–Crippen LogP) is 6.09. The van der Waals surface area contributed by atoms with Crippen molar-refractivity contribution in [2.45, 2.75) is 44.4 Å². The molecule has 3 heterocycles. The molecular formula is C36H39N7O5. The lowest BCUT2D eigenvalue weighted by Crippen LogP contribution is -2.43. The molecule has 0 aliphatic carbocycles. The summed E-state index contributed by atoms with van der Waals surface area (Å²) in [4.78, 5) is 28.0. The number of dihydropyridines is 1. The van der Waals surface area contributed by atoms with Crippen molar-refractivity contribution in [2.75, 3.05) is 26.2 Å². The number of hydrogen-bond acceptors (Lipinski definition) is 10. The number of aryl methyl sites for hydroxylation is 1. The summed E-state index contributed by atoms with van der Waals surface area (Å²) in [5.41, 5.74) is 4.99. The van der Waals surface area contributed by atoms with Gasteiger partial charge in [0.1, 0.15) is 5.76 Å². The number of rotatable bonds is 10. The number of carbonyl (C=O) groups is 1. The number of benzene rings is 3. The van der Waals surface area contributed by atoms with Crippen LogP contribution in [-0.4, -0.2) is 62.4 Å². The van der Waals surface area contributed by atoms with Crippen LogP contribution in [0, 0.1) is 10.1 Å². The number of carbonyl (C=O) groups excluding carboxylic acids is 1. The highest BCUT2D eigenvalue weighted by Crippen LogP contribution is 2.44. The Morgan fingerprint density at radius 3 is 2.25 bits per heavy atom. The minimum absolute atomic E-state index is 0.0266. The molecule has 0 radical (unpaired) electrons. The van der Waals surface area contributed by atoms with Crippen molar-refractivity contribution in [3.05, 3.63) is 135 Å². The molecule has 1 saturated heterocycles. The second-order valence-electron chi connectivity index (χ2n) is 12.3. The lowest BCUT2D eigenvalue weighted by molar-refractivity contribution is -0.384. The van der Waals surface area contributed by atoms with Crippen LogP contribution in [0.3, 0.4) is 0 Å². The van der Waals surface area contributed by atoms with Crippen LogP contribution < -0.4 is 5.32 Å². The summed E-state index contributed by atoms with van der Waals surface area (Å²) in [6, 6.07) is 27.7. The number of nitro benzene ring substituents is 1. The second kappa shape index (κ2) is 14.2. The predicted molar refractivity (Wildman–Crippen MR) is 179 cm³/mol. The Kier molecular flexibility index (Phi) is 9.62. The van der Waals surface area contributed by atoms with E-state index in [0.29, 0.717) is 34.8 Å². The molecule has 48 heavy (non-hydrogen) atoms. The van der Waals surface area contributed by atoms with Crippen LogP contribution in [0.2, 0.25) is 0 Å². The van der Waals surface area contributed by atoms with Gasteiger partial charge in [0.2, 0.25) is 5.82 Å². The SMILES string of the molecule is CC1=C(OC(=O)OCCCN2CCC(c3ccccc3)(c3ccccc3)CC2)C(c2cccc([N+](=O)[O-])c2)C(c2nnn(C)n2)=C(C)N1. The molecule has 1 atom stereocenters. The Morgan fingerprint density at radius 2 is 1.65 bits per heavy atom. The van der Waals surface area contributed by atoms with Gasteiger partial charge >= 0.3 is 6.16 Å². The summed E-state index contributed by atoms with van der Waals surface area (Å²) in [5, 5.41) is 27.4. The lowest BCUT2D eigenvalue weighted by atomic mass is 9.68. The second-order valence-corrected chi connectivity index (χ2v) is 12.3. The maximum absolute atomic E-state index is 13.1. The average molecular weight is 650 g/mol. The van der Waals surface area contributed by atoms with Gasteiger partial charge in [-0.3, -0.25) is 10.1 Å². The number of non-ortho nitro benzene ring substituents is 1. The summed E-state index contributed by atoms with van der Waals surface area (Å²) in [7, 11) is 1.65. The molecular weight excluding hydrogens is 610 g/mol. The van der Waals surface area contributed by atoms with Crippen LogP contribution in [-0.2, 0) is 21.9 Å². The lowest BCUT2D eigenvalue weighted by Gasteiger charge is -2.43. The number of tetrazole rings is 1. The van der Waals surface area contributed by atoms with Gasteiger partial charge in [-0.1, -0.05) is 72.8 Å². The van der Waals surface area contributed by atoms with E-state index in [1.165, 1.54) is 28.1 Å². The number of hydrogen-bond donors (Lipinski definition) is 1. The van der Waals surface area contributed by atoms with Crippen LogP contribution in [0.5, 0.6) is 0 Å². The molecule has 2 aliphatic heterocycles. The summed E-state index contributed by atoms with van der Waals surface area (Å²) in [5.74, 6) is -0.153. The van der Waals surface area contributed by atoms with Crippen molar-refractivity contribution < 1.29 is 19.2 Å². The maximum Gasteiger partial charge on any atom is 0.513 e. The smallest absolute Gasteiger partial charge is 0.434 e. The van der Waals surface area contributed by atoms with Crippen LogP contribution in [0.4, 0.5) is 10.5 Å². The van der Waals surface area contributed by atoms with Gasteiger partial charge in [0.05, 0.1) is 30.2 Å². The van der Waals surface area contributed by atoms with E-state index < -0.39 is 17.0 Å². The topological polar surface area (TPSA) is 138 Å². The Labute approximate surface area is 279 Å². The van der Waals surface area contributed by atoms with Gasteiger partial charge in [-0.25, -0.2) is 4.79 Å². The van der Waals surface area contributed by atoms with Gasteiger partial charge in [0.25, 0.3) is 5.69 Å². The summed E-state index contributed by atoms with van der Waals surface area (Å²) >= 11 is 0. The van der Waals surface area contributed by atoms with E-state index in [9.17, 15) is 14.9 Å². The zero-order valence-electron chi connectivity index (χ0n) is 27.3. The van der Waals surface area contributed by atoms with Crippen molar-refractivity contribution in [1.82, 2.24) is 30.4 Å². The van der Waals surface area contributed by atoms with Gasteiger partial charge in [0, 0.05) is 35.4 Å². The zero-order chi connectivity index (χ0) is 33.7. The summed E-state index contributed by atoms with van der Waals surface area (Å²) in [6.07, 6.45) is 1.80. The molecule has 248 valence electrons. The van der Waals surface area contributed by atoms with Crippen LogP contribution >= 0.6 is 0 Å². The minimum Gasteiger partial charge on any atom is -0.434 e. The highest BCUT2D eigenvalue weighted by molar-refractivity contribution is 5.76. The van der Waals surface area contributed by atoms with Crippen molar-refractivity contribution >= 4 is 17.4 Å². The summed E-state index contributed by atoms with van der Waals surface area (Å²) < 4.78 is 11.4. The van der Waals surface area contributed by atoms with Crippen molar-refractivity contribution in [1.29, 1.82) is 0 Å². The number of nitro groups is 1. The van der Waals surface area contributed by atoms with E-state index in [1.54, 1.807) is 26.1 Å². The monoisotopic (exact) mass is 649 g/mol. The molecule has 4 aromatic rings. The number of aromatic nitrogens is 4. The van der Waals surface area contributed by atoms with Crippen molar-refractivity contribution in [3.8, 4) is 0 Å². The third-order valence-corrected chi connectivity index (χ3v) is 9.26. The molecule has 2 aliphatic rings. The fourth-order valence-corrected chi connectivity index (χ4v) is 6.91. The Balaban J connectivity index is 1.10. The van der Waals surface area contributed by atoms with Crippen LogP contribution in [0.1, 0.15) is 61.5 Å². The fraction of sp³-hybridized carbons (Fsp3) is 0.333. The van der Waals surface area contributed by atoms with Gasteiger partial charge in [0.15, 0.2) is 0 Å². The fourth-order valence-electron chi connectivity index (χ4n) is 6.91. The normalized spacial score (nSPS) is 17.9. The minimum atomic E-state index is -0.849. The van der Waals surface area contributed by atoms with Crippen molar-refractivity contribution in [2.24, 2.45) is 7.05 Å². The molecule has 1 N–H and O–H groups in total. The van der Waals surface area contributed by atoms with E-state index in [4.69, 9.17) is 9.47 Å². The number of nitrogens with zero attached hydrogens (tertiary/aromatic N) is 6. The number of nitrogens with one attached hydrogen (secondary N) is 1. The molecule has 1 aromatic heterocycles. The Morgan fingerprint density at radius 1 is 0.979 bits per heavy atom. The highest BCUT2D eigenvalue weighted by atomic mass is 16.7. The van der Waals surface area contributed by atoms with Gasteiger partial charge in [-0.15, -0.1) is 10.2 Å². The van der Waals surface area contributed by atoms with Gasteiger partial charge in [-0.2, -0.15) is 4.80 Å². The van der Waals surface area contributed by atoms with E-state index in [1.807, 2.05) is 6.92 Å². The third kappa shape index (κ3) is 6.84. The van der Waals surface area contributed by atoms with E-state index in [-0.39, 0.29) is 23.5 Å². The van der Waals surface area contributed by atoms with E-state index in [0.717, 1.165) is 32.5 Å². The Hall–Kier alpha value is -5.36. The molecule has 0 amide bonds. The molecule has 0 bridgehead atoms. The highest BCUT2D eigenvalue weighted by Gasteiger charge is 2.38. The molecule has 0 saturated carbocycles. The molecule has 6 rings (SSSR count). The molecule has 12 heteroatoms. The number of likely N-dealkylation sites (tertiary alicyclic amines) is 1. The standard InChI is InChI=1S/C36H39N7O5/c1-25-31(34-38-40-41(3)39-34)32(27-12-10-17-30(24-27)43(45)46)33(26(2)37-25)48-35(44)47-23-11-20-42-21-18-36(19-22-42,28-13-6-4-7-14-28)29-15-8-5-9-16-29/h4-10,12-17,24,32,37H,11,18-23H2,1-3H3. The first-order chi connectivity index (χ1) is 23.2. The number of piperidine rings is 1. The first-order valence-corrected chi connectivity index (χ1v) is 16.1. The molecule has 1 unspecified atom stereocenters. The van der Waals surface area contributed by atoms with Gasteiger partial charge < -0.3 is 19.7 Å². The zero-order valence-corrected chi connectivity index (χ0v) is 27.3. The molecule has 1 fully saturated rings.